The summed E-state index contributed by atoms with van der Waals surface area (Å²) in [6, 6.07) is 0.878. The zero-order chi connectivity index (χ0) is 11.4. The van der Waals surface area contributed by atoms with Crippen LogP contribution in [0.5, 0.6) is 0 Å². The maximum Gasteiger partial charge on any atom is 0.221 e. The molecule has 0 aliphatic heterocycles. The van der Waals surface area contributed by atoms with E-state index in [-0.39, 0.29) is 12.5 Å². The van der Waals surface area contributed by atoms with E-state index < -0.39 is 0 Å². The van der Waals surface area contributed by atoms with Gasteiger partial charge in [-0.2, -0.15) is 0 Å². The standard InChI is InChI=1S/C12H22N2O2/c15-8-9-2-1-3-11(9)13-7-6-12(16)14-10-4-5-10/h9-11,13,15H,1-8H2,(H,14,16). The van der Waals surface area contributed by atoms with Crippen molar-refractivity contribution < 1.29 is 9.90 Å². The summed E-state index contributed by atoms with van der Waals surface area (Å²) < 4.78 is 0. The van der Waals surface area contributed by atoms with E-state index in [0.29, 0.717) is 24.4 Å². The van der Waals surface area contributed by atoms with Crippen LogP contribution in [-0.4, -0.2) is 36.2 Å². The SMILES string of the molecule is O=C(CCNC1CCCC1CO)NC1CC1. The summed E-state index contributed by atoms with van der Waals surface area (Å²) in [4.78, 5) is 11.4. The minimum Gasteiger partial charge on any atom is -0.396 e. The Hall–Kier alpha value is -0.610. The Kier molecular flexibility index (Phi) is 4.18. The van der Waals surface area contributed by atoms with Crippen LogP contribution in [0.3, 0.4) is 0 Å². The Bertz CT molecular complexity index is 241. The first-order valence-corrected chi connectivity index (χ1v) is 6.43. The third-order valence-corrected chi connectivity index (χ3v) is 3.59. The lowest BCUT2D eigenvalue weighted by Crippen LogP contribution is -2.37. The fourth-order valence-electron chi connectivity index (χ4n) is 2.42. The molecule has 4 heteroatoms. The highest BCUT2D eigenvalue weighted by Crippen LogP contribution is 2.24. The van der Waals surface area contributed by atoms with Gasteiger partial charge in [-0.1, -0.05) is 6.42 Å². The molecule has 2 aliphatic carbocycles. The first-order chi connectivity index (χ1) is 7.79. The topological polar surface area (TPSA) is 61.4 Å². The molecule has 16 heavy (non-hydrogen) atoms. The highest BCUT2D eigenvalue weighted by atomic mass is 16.3. The van der Waals surface area contributed by atoms with Crippen LogP contribution in [0.15, 0.2) is 0 Å². The van der Waals surface area contributed by atoms with E-state index in [4.69, 9.17) is 5.11 Å². The molecule has 0 bridgehead atoms. The van der Waals surface area contributed by atoms with Crippen LogP contribution < -0.4 is 10.6 Å². The van der Waals surface area contributed by atoms with Crippen LogP contribution in [0.2, 0.25) is 0 Å². The summed E-state index contributed by atoms with van der Waals surface area (Å²) in [5.41, 5.74) is 0. The molecule has 0 aromatic carbocycles. The Balaban J connectivity index is 1.57. The van der Waals surface area contributed by atoms with E-state index in [1.165, 1.54) is 6.42 Å². The Morgan fingerprint density at radius 1 is 1.25 bits per heavy atom. The van der Waals surface area contributed by atoms with E-state index in [2.05, 4.69) is 10.6 Å². The van der Waals surface area contributed by atoms with Gasteiger partial charge in [0.15, 0.2) is 0 Å². The molecule has 0 aromatic rings. The van der Waals surface area contributed by atoms with Crippen LogP contribution in [0.25, 0.3) is 0 Å². The van der Waals surface area contributed by atoms with E-state index in [9.17, 15) is 4.79 Å². The predicted octanol–water partition coefficient (Wildman–Crippen LogP) is 0.406. The van der Waals surface area contributed by atoms with Crippen molar-refractivity contribution in [3.63, 3.8) is 0 Å². The summed E-state index contributed by atoms with van der Waals surface area (Å²) in [5.74, 6) is 0.556. The van der Waals surface area contributed by atoms with Gasteiger partial charge in [0.2, 0.25) is 5.91 Å². The molecule has 2 atom stereocenters. The average Bonchev–Trinajstić information content (AvgIpc) is 2.96. The molecule has 0 radical (unpaired) electrons. The number of carbonyl (C=O) groups is 1. The van der Waals surface area contributed by atoms with E-state index in [0.717, 1.165) is 32.2 Å². The van der Waals surface area contributed by atoms with Crippen molar-refractivity contribution in [2.24, 2.45) is 5.92 Å². The lowest BCUT2D eigenvalue weighted by Gasteiger charge is -2.18. The van der Waals surface area contributed by atoms with Gasteiger partial charge >= 0.3 is 0 Å². The number of carbonyl (C=O) groups excluding carboxylic acids is 1. The Labute approximate surface area is 96.8 Å². The van der Waals surface area contributed by atoms with E-state index >= 15 is 0 Å². The highest BCUT2D eigenvalue weighted by molar-refractivity contribution is 5.76. The van der Waals surface area contributed by atoms with Crippen LogP contribution in [0.1, 0.15) is 38.5 Å². The summed E-state index contributed by atoms with van der Waals surface area (Å²) in [7, 11) is 0. The average molecular weight is 226 g/mol. The van der Waals surface area contributed by atoms with Crippen LogP contribution >= 0.6 is 0 Å². The highest BCUT2D eigenvalue weighted by Gasteiger charge is 2.26. The molecule has 2 unspecified atom stereocenters. The summed E-state index contributed by atoms with van der Waals surface area (Å²) >= 11 is 0. The monoisotopic (exact) mass is 226 g/mol. The number of amides is 1. The minimum atomic E-state index is 0.161. The Morgan fingerprint density at radius 2 is 2.06 bits per heavy atom. The molecule has 0 aromatic heterocycles. The molecule has 4 nitrogen and oxygen atoms in total. The quantitative estimate of drug-likeness (QED) is 0.614. The zero-order valence-corrected chi connectivity index (χ0v) is 9.74. The number of aliphatic hydroxyl groups excluding tert-OH is 1. The third-order valence-electron chi connectivity index (χ3n) is 3.59. The van der Waals surface area contributed by atoms with Crippen LogP contribution in [0, 0.1) is 5.92 Å². The van der Waals surface area contributed by atoms with Gasteiger partial charge in [-0.05, 0) is 31.6 Å². The minimum absolute atomic E-state index is 0.161. The summed E-state index contributed by atoms with van der Waals surface area (Å²) in [5, 5.41) is 15.5. The second kappa shape index (κ2) is 5.64. The molecule has 0 spiro atoms. The molecule has 2 saturated carbocycles. The fourth-order valence-corrected chi connectivity index (χ4v) is 2.42. The second-order valence-electron chi connectivity index (χ2n) is 5.03. The van der Waals surface area contributed by atoms with Gasteiger partial charge < -0.3 is 15.7 Å². The summed E-state index contributed by atoms with van der Waals surface area (Å²) in [6.07, 6.45) is 6.29. The van der Waals surface area contributed by atoms with Gasteiger partial charge in [0.1, 0.15) is 0 Å². The maximum absolute atomic E-state index is 11.4. The van der Waals surface area contributed by atoms with Gasteiger partial charge in [0.05, 0.1) is 0 Å². The number of hydrogen-bond donors (Lipinski definition) is 3. The maximum atomic E-state index is 11.4. The van der Waals surface area contributed by atoms with Gasteiger partial charge in [0.25, 0.3) is 0 Å². The number of hydrogen-bond acceptors (Lipinski definition) is 3. The molecule has 2 fully saturated rings. The first-order valence-electron chi connectivity index (χ1n) is 6.43. The van der Waals surface area contributed by atoms with E-state index in [1.54, 1.807) is 0 Å². The molecular formula is C12H22N2O2. The van der Waals surface area contributed by atoms with E-state index in [1.807, 2.05) is 0 Å². The van der Waals surface area contributed by atoms with Crippen molar-refractivity contribution in [1.29, 1.82) is 0 Å². The van der Waals surface area contributed by atoms with Gasteiger partial charge in [-0.25, -0.2) is 0 Å². The predicted molar refractivity (Wildman–Crippen MR) is 62.0 cm³/mol. The van der Waals surface area contributed by atoms with Gasteiger partial charge in [-0.3, -0.25) is 4.79 Å². The van der Waals surface area contributed by atoms with Crippen molar-refractivity contribution >= 4 is 5.91 Å². The molecule has 92 valence electrons. The van der Waals surface area contributed by atoms with Crippen molar-refractivity contribution in [1.82, 2.24) is 10.6 Å². The zero-order valence-electron chi connectivity index (χ0n) is 9.74. The lowest BCUT2D eigenvalue weighted by atomic mass is 10.1. The molecule has 0 heterocycles. The van der Waals surface area contributed by atoms with Crippen LogP contribution in [0.4, 0.5) is 0 Å². The summed E-state index contributed by atoms with van der Waals surface area (Å²) in [6.45, 7) is 1.01. The first kappa shape index (κ1) is 11.9. The van der Waals surface area contributed by atoms with Gasteiger partial charge in [-0.15, -0.1) is 0 Å². The lowest BCUT2D eigenvalue weighted by molar-refractivity contribution is -0.121. The Morgan fingerprint density at radius 3 is 2.75 bits per heavy atom. The van der Waals surface area contributed by atoms with Crippen molar-refractivity contribution in [2.45, 2.75) is 50.6 Å². The van der Waals surface area contributed by atoms with Crippen molar-refractivity contribution in [2.75, 3.05) is 13.2 Å². The number of nitrogens with one attached hydrogen (secondary N) is 2. The molecule has 2 rings (SSSR count). The number of aliphatic hydroxyl groups is 1. The number of rotatable bonds is 6. The molecular weight excluding hydrogens is 204 g/mol. The molecule has 2 aliphatic rings. The van der Waals surface area contributed by atoms with Crippen molar-refractivity contribution in [3.05, 3.63) is 0 Å². The molecule has 0 saturated heterocycles. The van der Waals surface area contributed by atoms with Gasteiger partial charge in [0, 0.05) is 31.7 Å². The second-order valence-corrected chi connectivity index (χ2v) is 5.03. The molecule has 1 amide bonds. The largest absolute Gasteiger partial charge is 0.396 e. The normalized spacial score (nSPS) is 29.3. The smallest absolute Gasteiger partial charge is 0.221 e. The third kappa shape index (κ3) is 3.46. The van der Waals surface area contributed by atoms with Crippen molar-refractivity contribution in [3.8, 4) is 0 Å². The molecule has 3 N–H and O–H groups in total. The van der Waals surface area contributed by atoms with Crippen LogP contribution in [-0.2, 0) is 4.79 Å². The fraction of sp³-hybridized carbons (Fsp3) is 0.917.